The van der Waals surface area contributed by atoms with Gasteiger partial charge in [0.1, 0.15) is 0 Å². The number of rotatable bonds is 4. The second-order valence-electron chi connectivity index (χ2n) is 6.76. The van der Waals surface area contributed by atoms with Crippen LogP contribution in [0.3, 0.4) is 0 Å². The minimum Gasteiger partial charge on any atom is -0.481 e. The van der Waals surface area contributed by atoms with Gasteiger partial charge in [-0.15, -0.1) is 0 Å². The van der Waals surface area contributed by atoms with Crippen molar-refractivity contribution in [3.63, 3.8) is 0 Å². The molecule has 1 saturated carbocycles. The van der Waals surface area contributed by atoms with Crippen molar-refractivity contribution in [3.8, 4) is 0 Å². The van der Waals surface area contributed by atoms with Gasteiger partial charge in [-0.1, -0.05) is 64.3 Å². The molecule has 0 unspecified atom stereocenters. The Hall–Kier alpha value is -1.31. The molecule has 2 rings (SSSR count). The summed E-state index contributed by atoms with van der Waals surface area (Å²) in [5.41, 5.74) is 1.79. The van der Waals surface area contributed by atoms with Gasteiger partial charge in [-0.2, -0.15) is 0 Å². The van der Waals surface area contributed by atoms with E-state index in [1.807, 2.05) is 12.1 Å². The Morgan fingerprint density at radius 2 is 1.70 bits per heavy atom. The second-order valence-corrected chi connectivity index (χ2v) is 6.76. The highest BCUT2D eigenvalue weighted by Crippen LogP contribution is 2.40. The number of benzene rings is 1. The van der Waals surface area contributed by atoms with Crippen LogP contribution in [0.2, 0.25) is 0 Å². The van der Waals surface area contributed by atoms with Gasteiger partial charge >= 0.3 is 5.97 Å². The van der Waals surface area contributed by atoms with E-state index in [0.717, 1.165) is 44.1 Å². The van der Waals surface area contributed by atoms with Crippen LogP contribution < -0.4 is 0 Å². The number of hydrogen-bond donors (Lipinski definition) is 1. The Morgan fingerprint density at radius 3 is 2.15 bits per heavy atom. The van der Waals surface area contributed by atoms with Crippen LogP contribution in [0, 0.1) is 0 Å². The van der Waals surface area contributed by atoms with Crippen molar-refractivity contribution in [2.45, 2.75) is 70.1 Å². The molecule has 1 aromatic rings. The molecule has 1 aliphatic carbocycles. The summed E-state index contributed by atoms with van der Waals surface area (Å²) in [6.07, 6.45) is 5.84. The number of aliphatic carboxylic acids is 1. The average molecular weight is 274 g/mol. The van der Waals surface area contributed by atoms with Crippen LogP contribution in [0.25, 0.3) is 0 Å². The summed E-state index contributed by atoms with van der Waals surface area (Å²) in [4.78, 5) is 11.8. The lowest BCUT2D eigenvalue weighted by Gasteiger charge is -2.34. The van der Waals surface area contributed by atoms with Crippen LogP contribution >= 0.6 is 0 Å². The fraction of sp³-hybridized carbons (Fsp3) is 0.611. The van der Waals surface area contributed by atoms with Gasteiger partial charge in [0, 0.05) is 0 Å². The Kier molecular flexibility index (Phi) is 4.22. The highest BCUT2D eigenvalue weighted by atomic mass is 16.4. The smallest absolute Gasteiger partial charge is 0.314 e. The van der Waals surface area contributed by atoms with Gasteiger partial charge < -0.3 is 5.11 Å². The molecular weight excluding hydrogens is 248 g/mol. The number of carbonyl (C=O) groups is 1. The van der Waals surface area contributed by atoms with Crippen LogP contribution in [0.1, 0.15) is 70.4 Å². The summed E-state index contributed by atoms with van der Waals surface area (Å²) in [6.45, 7) is 6.65. The number of hydrogen-bond acceptors (Lipinski definition) is 1. The van der Waals surface area contributed by atoms with Crippen molar-refractivity contribution < 1.29 is 9.90 Å². The zero-order valence-electron chi connectivity index (χ0n) is 12.9. The quantitative estimate of drug-likeness (QED) is 0.867. The maximum atomic E-state index is 11.8. The fourth-order valence-corrected chi connectivity index (χ4v) is 3.23. The van der Waals surface area contributed by atoms with Crippen LogP contribution in [-0.2, 0) is 15.6 Å². The third-order valence-electron chi connectivity index (χ3n) is 5.22. The molecule has 0 spiro atoms. The lowest BCUT2D eigenvalue weighted by Crippen LogP contribution is -2.37. The third-order valence-corrected chi connectivity index (χ3v) is 5.22. The second kappa shape index (κ2) is 5.59. The van der Waals surface area contributed by atoms with E-state index in [0.29, 0.717) is 0 Å². The summed E-state index contributed by atoms with van der Waals surface area (Å²) in [5, 5.41) is 9.72. The van der Waals surface area contributed by atoms with Crippen molar-refractivity contribution in [1.29, 1.82) is 0 Å². The predicted octanol–water partition coefficient (Wildman–Crippen LogP) is 4.66. The molecule has 0 atom stereocenters. The molecule has 0 heterocycles. The minimum absolute atomic E-state index is 0.154. The summed E-state index contributed by atoms with van der Waals surface area (Å²) < 4.78 is 0. The van der Waals surface area contributed by atoms with Gasteiger partial charge in [0.15, 0.2) is 0 Å². The van der Waals surface area contributed by atoms with Gasteiger partial charge in [0.2, 0.25) is 0 Å². The molecule has 110 valence electrons. The zero-order valence-corrected chi connectivity index (χ0v) is 12.9. The molecule has 1 aliphatic rings. The SMILES string of the molecule is CCC(C)(C)c1ccc(C2(C(=O)O)CCCCC2)cc1. The monoisotopic (exact) mass is 274 g/mol. The summed E-state index contributed by atoms with van der Waals surface area (Å²) in [7, 11) is 0. The summed E-state index contributed by atoms with van der Waals surface area (Å²) >= 11 is 0. The first-order chi connectivity index (χ1) is 9.42. The van der Waals surface area contributed by atoms with Gasteiger partial charge in [-0.3, -0.25) is 4.79 Å². The first-order valence-corrected chi connectivity index (χ1v) is 7.77. The molecule has 1 N–H and O–H groups in total. The fourth-order valence-electron chi connectivity index (χ4n) is 3.23. The first kappa shape index (κ1) is 15.1. The Bertz CT molecular complexity index is 465. The zero-order chi connectivity index (χ0) is 14.8. The molecule has 20 heavy (non-hydrogen) atoms. The topological polar surface area (TPSA) is 37.3 Å². The summed E-state index contributed by atoms with van der Waals surface area (Å²) in [5.74, 6) is -0.653. The van der Waals surface area contributed by atoms with Crippen molar-refractivity contribution in [3.05, 3.63) is 35.4 Å². The maximum Gasteiger partial charge on any atom is 0.314 e. The Balaban J connectivity index is 2.34. The first-order valence-electron chi connectivity index (χ1n) is 7.77. The lowest BCUT2D eigenvalue weighted by atomic mass is 9.69. The highest BCUT2D eigenvalue weighted by molar-refractivity contribution is 5.81. The van der Waals surface area contributed by atoms with E-state index in [1.165, 1.54) is 5.56 Å². The number of carboxylic acids is 1. The standard InChI is InChI=1S/C18H26O2/c1-4-17(2,3)14-8-10-15(11-9-14)18(16(19)20)12-6-5-7-13-18/h8-11H,4-7,12-13H2,1-3H3,(H,19,20). The van der Waals surface area contributed by atoms with Crippen molar-refractivity contribution in [2.24, 2.45) is 0 Å². The van der Waals surface area contributed by atoms with Crippen molar-refractivity contribution in [1.82, 2.24) is 0 Å². The van der Waals surface area contributed by atoms with E-state index in [-0.39, 0.29) is 5.41 Å². The molecule has 0 amide bonds. The van der Waals surface area contributed by atoms with Crippen LogP contribution in [0.15, 0.2) is 24.3 Å². The summed E-state index contributed by atoms with van der Waals surface area (Å²) in [6, 6.07) is 8.34. The Morgan fingerprint density at radius 1 is 1.15 bits per heavy atom. The number of carboxylic acid groups (broad SMARTS) is 1. The van der Waals surface area contributed by atoms with E-state index < -0.39 is 11.4 Å². The van der Waals surface area contributed by atoms with E-state index in [1.54, 1.807) is 0 Å². The molecule has 2 nitrogen and oxygen atoms in total. The van der Waals surface area contributed by atoms with Gasteiger partial charge in [-0.25, -0.2) is 0 Å². The molecule has 0 aromatic heterocycles. The van der Waals surface area contributed by atoms with Crippen LogP contribution in [0.5, 0.6) is 0 Å². The van der Waals surface area contributed by atoms with Crippen LogP contribution in [0.4, 0.5) is 0 Å². The van der Waals surface area contributed by atoms with Crippen molar-refractivity contribution >= 4 is 5.97 Å². The van der Waals surface area contributed by atoms with E-state index in [2.05, 4.69) is 32.9 Å². The largest absolute Gasteiger partial charge is 0.481 e. The molecule has 0 aliphatic heterocycles. The van der Waals surface area contributed by atoms with Gasteiger partial charge in [0.05, 0.1) is 5.41 Å². The average Bonchev–Trinajstić information content (AvgIpc) is 2.48. The Labute approximate surface area is 122 Å². The molecular formula is C18H26O2. The maximum absolute atomic E-state index is 11.8. The van der Waals surface area contributed by atoms with E-state index in [4.69, 9.17) is 0 Å². The molecule has 2 heteroatoms. The lowest BCUT2D eigenvalue weighted by molar-refractivity contribution is -0.145. The minimum atomic E-state index is -0.653. The molecule has 0 saturated heterocycles. The molecule has 1 fully saturated rings. The van der Waals surface area contributed by atoms with Gasteiger partial charge in [0.25, 0.3) is 0 Å². The predicted molar refractivity (Wildman–Crippen MR) is 82.2 cm³/mol. The molecule has 0 bridgehead atoms. The molecule has 0 radical (unpaired) electrons. The normalized spacial score (nSPS) is 18.8. The van der Waals surface area contributed by atoms with E-state index >= 15 is 0 Å². The van der Waals surface area contributed by atoms with Crippen LogP contribution in [-0.4, -0.2) is 11.1 Å². The highest BCUT2D eigenvalue weighted by Gasteiger charge is 2.41. The van der Waals surface area contributed by atoms with Crippen molar-refractivity contribution in [2.75, 3.05) is 0 Å². The van der Waals surface area contributed by atoms with Gasteiger partial charge in [-0.05, 0) is 35.8 Å². The third kappa shape index (κ3) is 2.61. The van der Waals surface area contributed by atoms with E-state index in [9.17, 15) is 9.90 Å². The molecule has 1 aromatic carbocycles.